The average molecular weight is 417 g/mol. The summed E-state index contributed by atoms with van der Waals surface area (Å²) in [5.74, 6) is -0.612. The van der Waals surface area contributed by atoms with Crippen LogP contribution in [0.3, 0.4) is 0 Å². The smallest absolute Gasteiger partial charge is 0.318 e. The summed E-state index contributed by atoms with van der Waals surface area (Å²) >= 11 is 0. The number of halogens is 2. The summed E-state index contributed by atoms with van der Waals surface area (Å²) in [6.45, 7) is 3.87. The van der Waals surface area contributed by atoms with Crippen molar-refractivity contribution in [3.63, 3.8) is 0 Å². The number of urea groups is 1. The molecule has 6 nitrogen and oxygen atoms in total. The lowest BCUT2D eigenvalue weighted by molar-refractivity contribution is 0.0584. The molecule has 3 rings (SSSR count). The molecule has 1 aliphatic rings. The van der Waals surface area contributed by atoms with Crippen molar-refractivity contribution >= 4 is 11.7 Å². The van der Waals surface area contributed by atoms with Crippen LogP contribution in [0.15, 0.2) is 47.6 Å². The normalized spacial score (nSPS) is 15.5. The van der Waals surface area contributed by atoms with Gasteiger partial charge in [-0.2, -0.15) is 0 Å². The Kier molecular flexibility index (Phi) is 6.87. The zero-order valence-corrected chi connectivity index (χ0v) is 17.2. The Morgan fingerprint density at radius 3 is 2.63 bits per heavy atom. The number of benzene rings is 2. The summed E-state index contributed by atoms with van der Waals surface area (Å²) in [5, 5.41) is 6.95. The molecular formula is C22H25F2N3O3. The standard InChI is InChI=1S/C22H25F2N3O3/c1-14(2)25-22(28)27(12-16-4-7-17(23)10-20(16)24)13-19-11-21(26-30-19)15-5-8-18(29-3)9-6-15/h4-10,14,19H,11-13H2,1-3H3,(H,25,28)/t19-/m1/s1. The summed E-state index contributed by atoms with van der Waals surface area (Å²) in [6.07, 6.45) is 0.132. The van der Waals surface area contributed by atoms with Crippen molar-refractivity contribution in [2.75, 3.05) is 13.7 Å². The number of methoxy groups -OCH3 is 1. The van der Waals surface area contributed by atoms with Crippen LogP contribution < -0.4 is 10.1 Å². The van der Waals surface area contributed by atoms with E-state index in [1.807, 2.05) is 38.1 Å². The van der Waals surface area contributed by atoms with Crippen molar-refractivity contribution < 1.29 is 23.1 Å². The Balaban J connectivity index is 1.69. The predicted molar refractivity (Wildman–Crippen MR) is 109 cm³/mol. The first-order chi connectivity index (χ1) is 14.4. The lowest BCUT2D eigenvalue weighted by atomic mass is 10.0. The lowest BCUT2D eigenvalue weighted by Gasteiger charge is -2.26. The fourth-order valence-corrected chi connectivity index (χ4v) is 3.14. The highest BCUT2D eigenvalue weighted by Crippen LogP contribution is 2.21. The minimum absolute atomic E-state index is 0.0115. The topological polar surface area (TPSA) is 63.2 Å². The van der Waals surface area contributed by atoms with Gasteiger partial charge in [-0.1, -0.05) is 11.2 Å². The molecule has 0 spiro atoms. The van der Waals surface area contributed by atoms with Gasteiger partial charge in [0.05, 0.1) is 25.9 Å². The van der Waals surface area contributed by atoms with Crippen LogP contribution in [-0.4, -0.2) is 42.4 Å². The number of nitrogens with zero attached hydrogens (tertiary/aromatic N) is 2. The Morgan fingerprint density at radius 2 is 2.00 bits per heavy atom. The highest BCUT2D eigenvalue weighted by Gasteiger charge is 2.27. The average Bonchev–Trinajstić information content (AvgIpc) is 3.17. The molecule has 2 amide bonds. The highest BCUT2D eigenvalue weighted by molar-refractivity contribution is 6.01. The lowest BCUT2D eigenvalue weighted by Crippen LogP contribution is -2.45. The van der Waals surface area contributed by atoms with Crippen LogP contribution in [0.25, 0.3) is 0 Å². The third-order valence-corrected chi connectivity index (χ3v) is 4.66. The van der Waals surface area contributed by atoms with E-state index in [0.29, 0.717) is 6.42 Å². The van der Waals surface area contributed by atoms with Crippen LogP contribution in [0.1, 0.15) is 31.4 Å². The number of rotatable bonds is 7. The van der Waals surface area contributed by atoms with E-state index in [1.54, 1.807) is 7.11 Å². The predicted octanol–water partition coefficient (Wildman–Crippen LogP) is 4.09. The molecule has 0 radical (unpaired) electrons. The molecular weight excluding hydrogens is 392 g/mol. The molecule has 0 aliphatic carbocycles. The minimum Gasteiger partial charge on any atom is -0.497 e. The van der Waals surface area contributed by atoms with Gasteiger partial charge in [-0.3, -0.25) is 0 Å². The van der Waals surface area contributed by atoms with Gasteiger partial charge in [-0.15, -0.1) is 0 Å². The SMILES string of the molecule is COc1ccc(C2=NO[C@@H](CN(Cc3ccc(F)cc3F)C(=O)NC(C)C)C2)cc1. The van der Waals surface area contributed by atoms with E-state index in [9.17, 15) is 13.6 Å². The third-order valence-electron chi connectivity index (χ3n) is 4.66. The van der Waals surface area contributed by atoms with Crippen LogP contribution in [-0.2, 0) is 11.4 Å². The molecule has 8 heteroatoms. The summed E-state index contributed by atoms with van der Waals surface area (Å²) in [5.41, 5.74) is 1.89. The Hall–Kier alpha value is -3.16. The zero-order chi connectivity index (χ0) is 21.7. The monoisotopic (exact) mass is 417 g/mol. The van der Waals surface area contributed by atoms with E-state index in [-0.39, 0.29) is 36.8 Å². The van der Waals surface area contributed by atoms with Crippen molar-refractivity contribution in [3.8, 4) is 5.75 Å². The number of carbonyl (C=O) groups is 1. The van der Waals surface area contributed by atoms with Gasteiger partial charge in [0.25, 0.3) is 0 Å². The number of nitrogens with one attached hydrogen (secondary N) is 1. The number of amides is 2. The van der Waals surface area contributed by atoms with Gasteiger partial charge in [0.15, 0.2) is 6.10 Å². The summed E-state index contributed by atoms with van der Waals surface area (Å²) in [6, 6.07) is 10.3. The largest absolute Gasteiger partial charge is 0.497 e. The van der Waals surface area contributed by atoms with E-state index < -0.39 is 11.6 Å². The fraction of sp³-hybridized carbons (Fsp3) is 0.364. The van der Waals surface area contributed by atoms with E-state index >= 15 is 0 Å². The third kappa shape index (κ3) is 5.46. The van der Waals surface area contributed by atoms with Gasteiger partial charge in [0, 0.05) is 24.1 Å². The van der Waals surface area contributed by atoms with Crippen LogP contribution >= 0.6 is 0 Å². The second kappa shape index (κ2) is 9.56. The van der Waals surface area contributed by atoms with E-state index in [2.05, 4.69) is 10.5 Å². The second-order valence-corrected chi connectivity index (χ2v) is 7.42. The quantitative estimate of drug-likeness (QED) is 0.738. The first-order valence-electron chi connectivity index (χ1n) is 9.72. The number of oxime groups is 1. The van der Waals surface area contributed by atoms with Gasteiger partial charge in [-0.25, -0.2) is 13.6 Å². The number of hydrogen-bond acceptors (Lipinski definition) is 4. The zero-order valence-electron chi connectivity index (χ0n) is 17.2. The maximum atomic E-state index is 14.1. The molecule has 2 aromatic rings. The van der Waals surface area contributed by atoms with E-state index in [4.69, 9.17) is 9.57 Å². The fourth-order valence-electron chi connectivity index (χ4n) is 3.14. The van der Waals surface area contributed by atoms with Gasteiger partial charge in [0.1, 0.15) is 17.4 Å². The van der Waals surface area contributed by atoms with E-state index in [0.717, 1.165) is 23.1 Å². The molecule has 1 aliphatic heterocycles. The molecule has 2 aromatic carbocycles. The van der Waals surface area contributed by atoms with Crippen molar-refractivity contribution in [2.45, 2.75) is 39.0 Å². The van der Waals surface area contributed by atoms with E-state index in [1.165, 1.54) is 17.0 Å². The first-order valence-corrected chi connectivity index (χ1v) is 9.72. The molecule has 0 saturated carbocycles. The number of carbonyl (C=O) groups excluding carboxylic acids is 1. The van der Waals surface area contributed by atoms with Crippen LogP contribution in [0.5, 0.6) is 5.75 Å². The molecule has 30 heavy (non-hydrogen) atoms. The van der Waals surface area contributed by atoms with Crippen molar-refractivity contribution in [1.29, 1.82) is 0 Å². The van der Waals surface area contributed by atoms with Gasteiger partial charge < -0.3 is 19.8 Å². The second-order valence-electron chi connectivity index (χ2n) is 7.42. The Bertz CT molecular complexity index is 916. The van der Waals surface area contributed by atoms with Crippen molar-refractivity contribution in [1.82, 2.24) is 10.2 Å². The van der Waals surface area contributed by atoms with Crippen molar-refractivity contribution in [3.05, 3.63) is 65.2 Å². The maximum Gasteiger partial charge on any atom is 0.318 e. The molecule has 1 atom stereocenters. The summed E-state index contributed by atoms with van der Waals surface area (Å²) in [4.78, 5) is 19.6. The molecule has 0 aromatic heterocycles. The number of hydrogen-bond donors (Lipinski definition) is 1. The Labute approximate surface area is 174 Å². The number of ether oxygens (including phenoxy) is 1. The highest BCUT2D eigenvalue weighted by atomic mass is 19.1. The first kappa shape index (κ1) is 21.5. The molecule has 0 fully saturated rings. The molecule has 1 heterocycles. The minimum atomic E-state index is -0.695. The molecule has 0 unspecified atom stereocenters. The molecule has 0 saturated heterocycles. The summed E-state index contributed by atoms with van der Waals surface area (Å²) < 4.78 is 32.5. The summed E-state index contributed by atoms with van der Waals surface area (Å²) in [7, 11) is 1.60. The van der Waals surface area contributed by atoms with Crippen LogP contribution in [0.2, 0.25) is 0 Å². The molecule has 160 valence electrons. The Morgan fingerprint density at radius 1 is 1.27 bits per heavy atom. The molecule has 1 N–H and O–H groups in total. The van der Waals surface area contributed by atoms with Gasteiger partial charge in [0.2, 0.25) is 0 Å². The van der Waals surface area contributed by atoms with Crippen LogP contribution in [0.4, 0.5) is 13.6 Å². The van der Waals surface area contributed by atoms with Gasteiger partial charge in [-0.05, 0) is 49.7 Å². The van der Waals surface area contributed by atoms with Gasteiger partial charge >= 0.3 is 6.03 Å². The van der Waals surface area contributed by atoms with Crippen LogP contribution in [0, 0.1) is 11.6 Å². The van der Waals surface area contributed by atoms with Crippen molar-refractivity contribution in [2.24, 2.45) is 5.16 Å². The maximum absolute atomic E-state index is 14.1. The molecule has 0 bridgehead atoms.